The minimum atomic E-state index is 0.829. The van der Waals surface area contributed by atoms with Crippen LogP contribution in [-0.4, -0.2) is 38.1 Å². The third-order valence-corrected chi connectivity index (χ3v) is 3.28. The molecule has 1 aliphatic rings. The van der Waals surface area contributed by atoms with E-state index in [9.17, 15) is 0 Å². The third kappa shape index (κ3) is 3.65. The molecular formula is C13H22N2O. The van der Waals surface area contributed by atoms with Crippen molar-refractivity contribution >= 4 is 0 Å². The summed E-state index contributed by atoms with van der Waals surface area (Å²) in [6.45, 7) is 4.68. The van der Waals surface area contributed by atoms with Crippen molar-refractivity contribution in [1.29, 1.82) is 0 Å². The van der Waals surface area contributed by atoms with Crippen LogP contribution in [0.15, 0.2) is 22.8 Å². The van der Waals surface area contributed by atoms with E-state index in [0.29, 0.717) is 0 Å². The lowest BCUT2D eigenvalue weighted by atomic mass is 9.98. The molecule has 2 heterocycles. The van der Waals surface area contributed by atoms with Gasteiger partial charge in [0.2, 0.25) is 0 Å². The summed E-state index contributed by atoms with van der Waals surface area (Å²) in [7, 11) is 2.22. The van der Waals surface area contributed by atoms with E-state index in [1.165, 1.54) is 25.9 Å². The van der Waals surface area contributed by atoms with E-state index in [0.717, 1.165) is 31.2 Å². The molecule has 0 aliphatic carbocycles. The van der Waals surface area contributed by atoms with Crippen molar-refractivity contribution in [3.05, 3.63) is 24.2 Å². The molecule has 0 radical (unpaired) electrons. The van der Waals surface area contributed by atoms with Gasteiger partial charge in [0.25, 0.3) is 0 Å². The van der Waals surface area contributed by atoms with Crippen LogP contribution < -0.4 is 5.32 Å². The maximum atomic E-state index is 5.29. The molecular weight excluding hydrogens is 200 g/mol. The van der Waals surface area contributed by atoms with Gasteiger partial charge in [0.1, 0.15) is 5.76 Å². The fraction of sp³-hybridized carbons (Fsp3) is 0.692. The maximum Gasteiger partial charge on any atom is 0.105 e. The molecule has 1 unspecified atom stereocenters. The number of likely N-dealkylation sites (tertiary alicyclic amines) is 1. The number of nitrogens with zero attached hydrogens (tertiary/aromatic N) is 1. The lowest BCUT2D eigenvalue weighted by molar-refractivity contribution is 0.206. The quantitative estimate of drug-likeness (QED) is 0.769. The minimum Gasteiger partial charge on any atom is -0.469 e. The first-order chi connectivity index (χ1) is 7.84. The summed E-state index contributed by atoms with van der Waals surface area (Å²) in [6.07, 6.45) is 5.46. The minimum absolute atomic E-state index is 0.829. The number of hydrogen-bond acceptors (Lipinski definition) is 3. The van der Waals surface area contributed by atoms with Gasteiger partial charge in [-0.3, -0.25) is 0 Å². The normalized spacial score (nSPS) is 22.4. The second-order valence-corrected chi connectivity index (χ2v) is 4.80. The first-order valence-electron chi connectivity index (χ1n) is 6.26. The van der Waals surface area contributed by atoms with Crippen molar-refractivity contribution in [2.24, 2.45) is 5.92 Å². The molecule has 1 aliphatic heterocycles. The number of nitrogens with one attached hydrogen (secondary N) is 1. The van der Waals surface area contributed by atoms with E-state index in [2.05, 4.69) is 17.3 Å². The van der Waals surface area contributed by atoms with E-state index in [1.54, 1.807) is 6.26 Å². The topological polar surface area (TPSA) is 28.4 Å². The molecule has 0 saturated carbocycles. The van der Waals surface area contributed by atoms with Crippen molar-refractivity contribution in [1.82, 2.24) is 10.2 Å². The van der Waals surface area contributed by atoms with Crippen molar-refractivity contribution in [2.75, 3.05) is 33.2 Å². The Morgan fingerprint density at radius 1 is 1.56 bits per heavy atom. The largest absolute Gasteiger partial charge is 0.469 e. The van der Waals surface area contributed by atoms with E-state index in [-0.39, 0.29) is 0 Å². The van der Waals surface area contributed by atoms with E-state index in [1.807, 2.05) is 12.1 Å². The van der Waals surface area contributed by atoms with E-state index >= 15 is 0 Å². The Bertz CT molecular complexity index is 284. The molecule has 0 spiro atoms. The maximum absolute atomic E-state index is 5.29. The van der Waals surface area contributed by atoms with Crippen LogP contribution in [0.2, 0.25) is 0 Å². The first-order valence-corrected chi connectivity index (χ1v) is 6.26. The van der Waals surface area contributed by atoms with Crippen molar-refractivity contribution in [2.45, 2.75) is 19.3 Å². The summed E-state index contributed by atoms with van der Waals surface area (Å²) in [5.74, 6) is 1.91. The SMILES string of the molecule is CN1CCCC(CNCCc2ccco2)C1. The molecule has 90 valence electrons. The molecule has 1 fully saturated rings. The van der Waals surface area contributed by atoms with Gasteiger partial charge >= 0.3 is 0 Å². The van der Waals surface area contributed by atoms with Crippen LogP contribution in [0.25, 0.3) is 0 Å². The van der Waals surface area contributed by atoms with Crippen molar-refractivity contribution < 1.29 is 4.42 Å². The molecule has 2 rings (SSSR count). The smallest absolute Gasteiger partial charge is 0.105 e. The molecule has 16 heavy (non-hydrogen) atoms. The molecule has 1 N–H and O–H groups in total. The highest BCUT2D eigenvalue weighted by Gasteiger charge is 2.16. The van der Waals surface area contributed by atoms with Crippen molar-refractivity contribution in [3.63, 3.8) is 0 Å². The van der Waals surface area contributed by atoms with Crippen LogP contribution in [-0.2, 0) is 6.42 Å². The fourth-order valence-corrected chi connectivity index (χ4v) is 2.41. The van der Waals surface area contributed by atoms with Crippen LogP contribution in [0.5, 0.6) is 0 Å². The van der Waals surface area contributed by atoms with E-state index in [4.69, 9.17) is 4.42 Å². The van der Waals surface area contributed by atoms with Gasteiger partial charge in [0.15, 0.2) is 0 Å². The summed E-state index contributed by atoms with van der Waals surface area (Å²) in [5, 5.41) is 3.53. The number of furan rings is 1. The monoisotopic (exact) mass is 222 g/mol. The van der Waals surface area contributed by atoms with Gasteiger partial charge in [0.05, 0.1) is 6.26 Å². The highest BCUT2D eigenvalue weighted by atomic mass is 16.3. The van der Waals surface area contributed by atoms with Gasteiger partial charge in [-0.25, -0.2) is 0 Å². The van der Waals surface area contributed by atoms with Gasteiger partial charge in [-0.15, -0.1) is 0 Å². The molecule has 0 amide bonds. The first kappa shape index (κ1) is 11.7. The van der Waals surface area contributed by atoms with Gasteiger partial charge in [-0.1, -0.05) is 0 Å². The Morgan fingerprint density at radius 3 is 3.25 bits per heavy atom. The average molecular weight is 222 g/mol. The molecule has 1 atom stereocenters. The van der Waals surface area contributed by atoms with Crippen LogP contribution in [0.4, 0.5) is 0 Å². The van der Waals surface area contributed by atoms with Gasteiger partial charge in [-0.05, 0) is 51.0 Å². The molecule has 0 bridgehead atoms. The standard InChI is InChI=1S/C13H22N2O/c1-15-8-2-4-12(11-15)10-14-7-6-13-5-3-9-16-13/h3,5,9,12,14H,2,4,6-8,10-11H2,1H3. The Hall–Kier alpha value is -0.800. The Kier molecular flexibility index (Phi) is 4.43. The van der Waals surface area contributed by atoms with Gasteiger partial charge in [0, 0.05) is 19.5 Å². The summed E-state index contributed by atoms with van der Waals surface area (Å²) in [6, 6.07) is 3.99. The Morgan fingerprint density at radius 2 is 2.50 bits per heavy atom. The highest BCUT2D eigenvalue weighted by molar-refractivity contribution is 4.98. The number of hydrogen-bond donors (Lipinski definition) is 1. The number of rotatable bonds is 5. The summed E-state index contributed by atoms with van der Waals surface area (Å²) >= 11 is 0. The highest BCUT2D eigenvalue weighted by Crippen LogP contribution is 2.13. The lowest BCUT2D eigenvalue weighted by Crippen LogP contribution is -2.37. The Balaban J connectivity index is 1.57. The molecule has 3 nitrogen and oxygen atoms in total. The van der Waals surface area contributed by atoms with Crippen LogP contribution in [0, 0.1) is 5.92 Å². The second kappa shape index (κ2) is 6.06. The van der Waals surface area contributed by atoms with E-state index < -0.39 is 0 Å². The predicted molar refractivity (Wildman–Crippen MR) is 65.5 cm³/mol. The zero-order valence-electron chi connectivity index (χ0n) is 10.1. The van der Waals surface area contributed by atoms with Crippen LogP contribution >= 0.6 is 0 Å². The van der Waals surface area contributed by atoms with Crippen LogP contribution in [0.1, 0.15) is 18.6 Å². The summed E-state index contributed by atoms with van der Waals surface area (Å²) in [4.78, 5) is 2.43. The molecule has 3 heteroatoms. The zero-order valence-corrected chi connectivity index (χ0v) is 10.1. The summed E-state index contributed by atoms with van der Waals surface area (Å²) < 4.78 is 5.29. The molecule has 1 aromatic heterocycles. The third-order valence-electron chi connectivity index (χ3n) is 3.28. The number of piperidine rings is 1. The summed E-state index contributed by atoms with van der Waals surface area (Å²) in [5.41, 5.74) is 0. The lowest BCUT2D eigenvalue weighted by Gasteiger charge is -2.29. The average Bonchev–Trinajstić information content (AvgIpc) is 2.77. The van der Waals surface area contributed by atoms with Gasteiger partial charge in [-0.2, -0.15) is 0 Å². The van der Waals surface area contributed by atoms with Gasteiger partial charge < -0.3 is 14.6 Å². The Labute approximate surface area is 97.8 Å². The zero-order chi connectivity index (χ0) is 11.2. The van der Waals surface area contributed by atoms with Crippen LogP contribution in [0.3, 0.4) is 0 Å². The molecule has 1 aromatic rings. The van der Waals surface area contributed by atoms with Crippen molar-refractivity contribution in [3.8, 4) is 0 Å². The fourth-order valence-electron chi connectivity index (χ4n) is 2.41. The predicted octanol–water partition coefficient (Wildman–Crippen LogP) is 1.75. The second-order valence-electron chi connectivity index (χ2n) is 4.80. The molecule has 1 saturated heterocycles. The molecule has 0 aromatic carbocycles.